The van der Waals surface area contributed by atoms with Crippen LogP contribution in [-0.2, 0) is 16.1 Å². The Labute approximate surface area is 183 Å². The van der Waals surface area contributed by atoms with Crippen molar-refractivity contribution in [3.05, 3.63) is 96.1 Å². The number of hydrogen-bond donors (Lipinski definition) is 1. The minimum absolute atomic E-state index is 0.0282. The van der Waals surface area contributed by atoms with Crippen molar-refractivity contribution in [3.8, 4) is 0 Å². The van der Waals surface area contributed by atoms with Gasteiger partial charge in [0.1, 0.15) is 17.7 Å². The molecule has 32 heavy (non-hydrogen) atoms. The van der Waals surface area contributed by atoms with Crippen LogP contribution in [-0.4, -0.2) is 28.8 Å². The van der Waals surface area contributed by atoms with Gasteiger partial charge in [0, 0.05) is 12.2 Å². The molecule has 1 N–H and O–H groups in total. The van der Waals surface area contributed by atoms with Crippen molar-refractivity contribution in [1.82, 2.24) is 4.90 Å². The summed E-state index contributed by atoms with van der Waals surface area (Å²) in [5, 5.41) is 2.63. The molecular weight excluding hydrogens is 416 g/mol. The number of anilines is 2. The van der Waals surface area contributed by atoms with Crippen LogP contribution in [0.4, 0.5) is 25.0 Å². The maximum atomic E-state index is 13.3. The molecule has 3 aromatic carbocycles. The Morgan fingerprint density at radius 3 is 2.12 bits per heavy atom. The van der Waals surface area contributed by atoms with Gasteiger partial charge >= 0.3 is 6.03 Å². The van der Waals surface area contributed by atoms with E-state index in [1.165, 1.54) is 53.4 Å². The molecule has 0 aromatic heterocycles. The Kier molecular flexibility index (Phi) is 5.93. The first kappa shape index (κ1) is 21.2. The van der Waals surface area contributed by atoms with Crippen LogP contribution < -0.4 is 10.2 Å². The molecule has 162 valence electrons. The second-order valence-electron chi connectivity index (χ2n) is 7.31. The first-order valence-corrected chi connectivity index (χ1v) is 9.92. The number of halogens is 2. The molecule has 1 aliphatic heterocycles. The van der Waals surface area contributed by atoms with E-state index in [1.54, 1.807) is 30.3 Å². The third-order valence-corrected chi connectivity index (χ3v) is 5.14. The Morgan fingerprint density at radius 1 is 0.906 bits per heavy atom. The van der Waals surface area contributed by atoms with Gasteiger partial charge in [-0.1, -0.05) is 30.3 Å². The van der Waals surface area contributed by atoms with Crippen LogP contribution >= 0.6 is 0 Å². The third kappa shape index (κ3) is 4.49. The fourth-order valence-electron chi connectivity index (χ4n) is 3.55. The lowest BCUT2D eigenvalue weighted by Gasteiger charge is -2.28. The van der Waals surface area contributed by atoms with E-state index in [0.29, 0.717) is 16.9 Å². The number of nitrogens with zero attached hydrogens (tertiary/aromatic N) is 2. The van der Waals surface area contributed by atoms with E-state index in [4.69, 9.17) is 0 Å². The van der Waals surface area contributed by atoms with Gasteiger partial charge in [0.2, 0.25) is 5.91 Å². The Balaban J connectivity index is 1.62. The van der Waals surface area contributed by atoms with Gasteiger partial charge in [-0.3, -0.25) is 9.59 Å². The lowest BCUT2D eigenvalue weighted by molar-refractivity contribution is -0.122. The highest BCUT2D eigenvalue weighted by Crippen LogP contribution is 2.27. The third-order valence-electron chi connectivity index (χ3n) is 5.14. The molecule has 3 aromatic rings. The van der Waals surface area contributed by atoms with E-state index in [0.717, 1.165) is 4.90 Å². The highest BCUT2D eigenvalue weighted by atomic mass is 19.1. The molecule has 6 nitrogen and oxygen atoms in total. The van der Waals surface area contributed by atoms with Gasteiger partial charge in [0.15, 0.2) is 0 Å². The zero-order chi connectivity index (χ0) is 22.7. The molecule has 8 heteroatoms. The maximum absolute atomic E-state index is 13.3. The normalized spacial score (nSPS) is 15.7. The number of imide groups is 1. The molecule has 1 atom stereocenters. The number of urea groups is 1. The highest BCUT2D eigenvalue weighted by molar-refractivity contribution is 6.23. The lowest BCUT2D eigenvalue weighted by Crippen LogP contribution is -2.46. The number of benzene rings is 3. The fourth-order valence-corrected chi connectivity index (χ4v) is 3.55. The average Bonchev–Trinajstić information content (AvgIpc) is 3.09. The van der Waals surface area contributed by atoms with Crippen LogP contribution in [0.5, 0.6) is 0 Å². The summed E-state index contributed by atoms with van der Waals surface area (Å²) in [7, 11) is 0. The number of carbonyl (C=O) groups excluding carboxylic acids is 3. The van der Waals surface area contributed by atoms with E-state index in [1.807, 2.05) is 0 Å². The van der Waals surface area contributed by atoms with Crippen molar-refractivity contribution in [3.63, 3.8) is 0 Å². The smallest absolute Gasteiger partial charge is 0.308 e. The average molecular weight is 435 g/mol. The van der Waals surface area contributed by atoms with Crippen LogP contribution in [0.1, 0.15) is 12.0 Å². The van der Waals surface area contributed by atoms with Gasteiger partial charge in [-0.15, -0.1) is 0 Å². The van der Waals surface area contributed by atoms with Crippen molar-refractivity contribution >= 4 is 29.2 Å². The molecule has 1 heterocycles. The van der Waals surface area contributed by atoms with Crippen LogP contribution in [0.2, 0.25) is 0 Å². The predicted molar refractivity (Wildman–Crippen MR) is 115 cm³/mol. The number of hydrogen-bond acceptors (Lipinski definition) is 3. The van der Waals surface area contributed by atoms with Gasteiger partial charge in [0.25, 0.3) is 5.91 Å². The first-order valence-electron chi connectivity index (χ1n) is 9.92. The maximum Gasteiger partial charge on any atom is 0.322 e. The van der Waals surface area contributed by atoms with E-state index in [9.17, 15) is 23.2 Å². The van der Waals surface area contributed by atoms with E-state index >= 15 is 0 Å². The van der Waals surface area contributed by atoms with Crippen molar-refractivity contribution in [1.29, 1.82) is 0 Å². The summed E-state index contributed by atoms with van der Waals surface area (Å²) < 4.78 is 26.5. The molecule has 0 aliphatic carbocycles. The Hall–Kier alpha value is -4.07. The number of para-hydroxylation sites is 1. The van der Waals surface area contributed by atoms with Crippen molar-refractivity contribution in [2.75, 3.05) is 10.2 Å². The van der Waals surface area contributed by atoms with E-state index < -0.39 is 35.5 Å². The number of nitrogens with one attached hydrogen (secondary N) is 1. The van der Waals surface area contributed by atoms with Gasteiger partial charge in [0.05, 0.1) is 12.1 Å². The minimum atomic E-state index is -1.05. The number of carbonyl (C=O) groups is 3. The van der Waals surface area contributed by atoms with E-state index in [2.05, 4.69) is 5.32 Å². The highest BCUT2D eigenvalue weighted by Gasteiger charge is 2.44. The summed E-state index contributed by atoms with van der Waals surface area (Å²) in [6.45, 7) is -0.0282. The van der Waals surface area contributed by atoms with Crippen molar-refractivity contribution < 1.29 is 23.2 Å². The standard InChI is InChI=1S/C24H19F2N3O3/c25-17-8-6-16(7-9-17)15-28(24(32)27-19-12-10-18(26)11-13-19)21-14-22(30)29(23(21)31)20-4-2-1-3-5-20/h1-13,21H,14-15H2,(H,27,32)/t21-/m1/s1. The van der Waals surface area contributed by atoms with E-state index in [-0.39, 0.29) is 13.0 Å². The molecule has 1 saturated heterocycles. The molecule has 4 rings (SSSR count). The quantitative estimate of drug-likeness (QED) is 0.607. The largest absolute Gasteiger partial charge is 0.322 e. The zero-order valence-electron chi connectivity index (χ0n) is 16.9. The molecule has 1 fully saturated rings. The second-order valence-corrected chi connectivity index (χ2v) is 7.31. The van der Waals surface area contributed by atoms with Gasteiger partial charge < -0.3 is 10.2 Å². The minimum Gasteiger partial charge on any atom is -0.308 e. The van der Waals surface area contributed by atoms with Crippen molar-refractivity contribution in [2.45, 2.75) is 19.0 Å². The Bertz CT molecular complexity index is 1140. The first-order chi connectivity index (χ1) is 15.4. The fraction of sp³-hybridized carbons (Fsp3) is 0.125. The Morgan fingerprint density at radius 2 is 1.50 bits per heavy atom. The van der Waals surface area contributed by atoms with Crippen LogP contribution in [0.15, 0.2) is 78.9 Å². The van der Waals surface area contributed by atoms with Crippen LogP contribution in [0, 0.1) is 11.6 Å². The molecule has 0 radical (unpaired) electrons. The topological polar surface area (TPSA) is 69.7 Å². The summed E-state index contributed by atoms with van der Waals surface area (Å²) in [5.41, 5.74) is 1.34. The summed E-state index contributed by atoms with van der Waals surface area (Å²) in [6, 6.07) is 17.5. The zero-order valence-corrected chi connectivity index (χ0v) is 16.9. The van der Waals surface area contributed by atoms with Crippen LogP contribution in [0.25, 0.3) is 0 Å². The SMILES string of the molecule is O=C1C[C@@H](N(Cc2ccc(F)cc2)C(=O)Nc2ccc(F)cc2)C(=O)N1c1ccccc1. The monoisotopic (exact) mass is 435 g/mol. The summed E-state index contributed by atoms with van der Waals surface area (Å²) >= 11 is 0. The number of rotatable bonds is 5. The van der Waals surface area contributed by atoms with Gasteiger partial charge in [-0.2, -0.15) is 0 Å². The van der Waals surface area contributed by atoms with Gasteiger partial charge in [-0.25, -0.2) is 18.5 Å². The molecule has 4 amide bonds. The van der Waals surface area contributed by atoms with Crippen molar-refractivity contribution in [2.24, 2.45) is 0 Å². The molecular formula is C24H19F2N3O3. The number of amides is 4. The predicted octanol–water partition coefficient (Wildman–Crippen LogP) is 4.33. The summed E-state index contributed by atoms with van der Waals surface area (Å²) in [5.74, 6) is -1.85. The molecule has 1 aliphatic rings. The molecule has 0 saturated carbocycles. The summed E-state index contributed by atoms with van der Waals surface area (Å²) in [4.78, 5) is 41.3. The lowest BCUT2D eigenvalue weighted by atomic mass is 10.1. The molecule has 0 unspecified atom stereocenters. The second kappa shape index (κ2) is 8.97. The summed E-state index contributed by atoms with van der Waals surface area (Å²) in [6.07, 6.45) is -0.189. The molecule has 0 bridgehead atoms. The molecule has 0 spiro atoms. The van der Waals surface area contributed by atoms with Gasteiger partial charge in [-0.05, 0) is 54.1 Å². The van der Waals surface area contributed by atoms with Crippen LogP contribution in [0.3, 0.4) is 0 Å².